The van der Waals surface area contributed by atoms with E-state index in [4.69, 9.17) is 5.11 Å². The summed E-state index contributed by atoms with van der Waals surface area (Å²) >= 11 is 0. The molecule has 0 amide bonds. The summed E-state index contributed by atoms with van der Waals surface area (Å²) in [4.78, 5) is 17.3. The summed E-state index contributed by atoms with van der Waals surface area (Å²) in [5, 5.41) is 12.3. The molecule has 0 aromatic carbocycles. The van der Waals surface area contributed by atoms with Crippen molar-refractivity contribution in [2.24, 2.45) is 5.41 Å². The molecule has 0 atom stereocenters. The molecular weight excluding hydrogens is 254 g/mol. The lowest BCUT2D eigenvalue weighted by molar-refractivity contribution is 0.0696. The number of pyridine rings is 1. The molecule has 2 rings (SSSR count). The van der Waals surface area contributed by atoms with Crippen LogP contribution < -0.4 is 5.32 Å². The predicted molar refractivity (Wildman–Crippen MR) is 77.7 cm³/mol. The number of carbonyl (C=O) groups is 1. The molecule has 20 heavy (non-hydrogen) atoms. The number of nitrogens with zero attached hydrogens (tertiary/aromatic N) is 2. The molecule has 1 aromatic heterocycles. The molecular formula is C15H23N3O2. The van der Waals surface area contributed by atoms with Gasteiger partial charge < -0.3 is 15.3 Å². The number of carboxylic acids is 1. The van der Waals surface area contributed by atoms with Gasteiger partial charge in [0, 0.05) is 19.3 Å². The average molecular weight is 277 g/mol. The van der Waals surface area contributed by atoms with E-state index in [0.717, 1.165) is 25.3 Å². The van der Waals surface area contributed by atoms with Crippen LogP contribution in [0.4, 0.5) is 0 Å². The third-order valence-electron chi connectivity index (χ3n) is 4.12. The minimum absolute atomic E-state index is 0.232. The number of hydrogen-bond acceptors (Lipinski definition) is 4. The number of aromatic carboxylic acids is 1. The Balaban J connectivity index is 1.79. The Morgan fingerprint density at radius 2 is 2.15 bits per heavy atom. The first kappa shape index (κ1) is 14.9. The highest BCUT2D eigenvalue weighted by Gasteiger charge is 2.28. The van der Waals surface area contributed by atoms with Crippen molar-refractivity contribution in [3.05, 3.63) is 29.6 Å². The third-order valence-corrected chi connectivity index (χ3v) is 4.12. The van der Waals surface area contributed by atoms with E-state index in [1.54, 1.807) is 12.1 Å². The molecule has 1 aliphatic rings. The van der Waals surface area contributed by atoms with Crippen LogP contribution in [0.2, 0.25) is 0 Å². The van der Waals surface area contributed by atoms with E-state index in [1.807, 2.05) is 0 Å². The number of carboxylic acid groups (broad SMARTS) is 1. The Morgan fingerprint density at radius 3 is 2.70 bits per heavy atom. The lowest BCUT2D eigenvalue weighted by Gasteiger charge is -2.38. The normalized spacial score (nSPS) is 18.9. The first-order valence-electron chi connectivity index (χ1n) is 7.06. The first-order valence-corrected chi connectivity index (χ1v) is 7.06. The standard InChI is InChI=1S/C15H23N3O2/c1-15(5-7-18(2)8-6-15)11-16-10-13-4-3-12(9-17-13)14(19)20/h3-4,9,16H,5-8,10-11H2,1-2H3,(H,19,20). The van der Waals surface area contributed by atoms with Crippen molar-refractivity contribution in [2.75, 3.05) is 26.7 Å². The zero-order valence-electron chi connectivity index (χ0n) is 12.2. The molecule has 1 fully saturated rings. The van der Waals surface area contributed by atoms with E-state index in [0.29, 0.717) is 12.0 Å². The van der Waals surface area contributed by atoms with Crippen LogP contribution in [-0.2, 0) is 6.54 Å². The Morgan fingerprint density at radius 1 is 1.45 bits per heavy atom. The van der Waals surface area contributed by atoms with E-state index in [1.165, 1.54) is 19.0 Å². The third kappa shape index (κ3) is 4.02. The van der Waals surface area contributed by atoms with Crippen molar-refractivity contribution in [1.29, 1.82) is 0 Å². The van der Waals surface area contributed by atoms with Crippen LogP contribution in [0.3, 0.4) is 0 Å². The van der Waals surface area contributed by atoms with Crippen LogP contribution in [0, 0.1) is 5.41 Å². The molecule has 0 unspecified atom stereocenters. The molecule has 0 bridgehead atoms. The number of aromatic nitrogens is 1. The SMILES string of the molecule is CN1CCC(C)(CNCc2ccc(C(=O)O)cn2)CC1. The van der Waals surface area contributed by atoms with E-state index >= 15 is 0 Å². The van der Waals surface area contributed by atoms with Gasteiger partial charge in [-0.25, -0.2) is 4.79 Å². The zero-order valence-corrected chi connectivity index (χ0v) is 12.2. The monoisotopic (exact) mass is 277 g/mol. The number of piperidine rings is 1. The quantitative estimate of drug-likeness (QED) is 0.856. The fourth-order valence-corrected chi connectivity index (χ4v) is 2.48. The van der Waals surface area contributed by atoms with Gasteiger partial charge in [0.05, 0.1) is 11.3 Å². The molecule has 110 valence electrons. The topological polar surface area (TPSA) is 65.5 Å². The number of rotatable bonds is 5. The minimum atomic E-state index is -0.934. The van der Waals surface area contributed by atoms with Crippen LogP contribution in [0.1, 0.15) is 35.8 Å². The Bertz CT molecular complexity index is 451. The van der Waals surface area contributed by atoms with Gasteiger partial charge in [-0.2, -0.15) is 0 Å². The maximum absolute atomic E-state index is 10.7. The summed E-state index contributed by atoms with van der Waals surface area (Å²) < 4.78 is 0. The van der Waals surface area contributed by atoms with Gasteiger partial charge in [-0.3, -0.25) is 4.98 Å². The molecule has 0 aliphatic carbocycles. The Labute approximate surface area is 120 Å². The van der Waals surface area contributed by atoms with Crippen molar-refractivity contribution >= 4 is 5.97 Å². The van der Waals surface area contributed by atoms with Gasteiger partial charge in [0.2, 0.25) is 0 Å². The zero-order chi connectivity index (χ0) is 14.6. The Kier molecular flexibility index (Phi) is 4.73. The molecule has 0 saturated carbocycles. The fourth-order valence-electron chi connectivity index (χ4n) is 2.48. The highest BCUT2D eigenvalue weighted by Crippen LogP contribution is 2.29. The lowest BCUT2D eigenvalue weighted by atomic mass is 9.80. The summed E-state index contributed by atoms with van der Waals surface area (Å²) in [7, 11) is 2.17. The van der Waals surface area contributed by atoms with Crippen molar-refractivity contribution in [2.45, 2.75) is 26.3 Å². The average Bonchev–Trinajstić information content (AvgIpc) is 2.43. The summed E-state index contributed by atoms with van der Waals surface area (Å²) in [6.45, 7) is 6.30. The molecule has 5 heteroatoms. The van der Waals surface area contributed by atoms with Gasteiger partial charge >= 0.3 is 5.97 Å². The fraction of sp³-hybridized carbons (Fsp3) is 0.600. The molecule has 0 spiro atoms. The molecule has 2 N–H and O–H groups in total. The van der Waals surface area contributed by atoms with Gasteiger partial charge in [-0.1, -0.05) is 6.92 Å². The second kappa shape index (κ2) is 6.33. The van der Waals surface area contributed by atoms with E-state index < -0.39 is 5.97 Å². The molecule has 1 aliphatic heterocycles. The van der Waals surface area contributed by atoms with Crippen LogP contribution >= 0.6 is 0 Å². The smallest absolute Gasteiger partial charge is 0.337 e. The van der Waals surface area contributed by atoms with Crippen LogP contribution in [-0.4, -0.2) is 47.6 Å². The van der Waals surface area contributed by atoms with Crippen LogP contribution in [0.25, 0.3) is 0 Å². The highest BCUT2D eigenvalue weighted by molar-refractivity contribution is 5.87. The van der Waals surface area contributed by atoms with Gasteiger partial charge in [-0.05, 0) is 50.5 Å². The second-order valence-electron chi connectivity index (χ2n) is 6.06. The van der Waals surface area contributed by atoms with Gasteiger partial charge in [-0.15, -0.1) is 0 Å². The highest BCUT2D eigenvalue weighted by atomic mass is 16.4. The molecule has 5 nitrogen and oxygen atoms in total. The molecule has 1 aromatic rings. The van der Waals surface area contributed by atoms with E-state index in [2.05, 4.69) is 29.2 Å². The summed E-state index contributed by atoms with van der Waals surface area (Å²) in [6.07, 6.45) is 3.83. The Hall–Kier alpha value is -1.46. The van der Waals surface area contributed by atoms with Gasteiger partial charge in [0.1, 0.15) is 0 Å². The number of hydrogen-bond donors (Lipinski definition) is 2. The van der Waals surface area contributed by atoms with Gasteiger partial charge in [0.25, 0.3) is 0 Å². The maximum atomic E-state index is 10.7. The minimum Gasteiger partial charge on any atom is -0.478 e. The largest absolute Gasteiger partial charge is 0.478 e. The summed E-state index contributed by atoms with van der Waals surface area (Å²) in [5.74, 6) is -0.934. The van der Waals surface area contributed by atoms with E-state index in [-0.39, 0.29) is 5.56 Å². The van der Waals surface area contributed by atoms with Crippen molar-refractivity contribution < 1.29 is 9.90 Å². The van der Waals surface area contributed by atoms with Crippen LogP contribution in [0.5, 0.6) is 0 Å². The van der Waals surface area contributed by atoms with Crippen molar-refractivity contribution in [3.63, 3.8) is 0 Å². The second-order valence-corrected chi connectivity index (χ2v) is 6.06. The lowest BCUT2D eigenvalue weighted by Crippen LogP contribution is -2.41. The predicted octanol–water partition coefficient (Wildman–Crippen LogP) is 1.60. The summed E-state index contributed by atoms with van der Waals surface area (Å²) in [5.41, 5.74) is 1.47. The molecule has 0 radical (unpaired) electrons. The number of likely N-dealkylation sites (tertiary alicyclic amines) is 1. The van der Waals surface area contributed by atoms with Crippen molar-refractivity contribution in [1.82, 2.24) is 15.2 Å². The maximum Gasteiger partial charge on any atom is 0.337 e. The molecule has 1 saturated heterocycles. The number of nitrogens with one attached hydrogen (secondary N) is 1. The van der Waals surface area contributed by atoms with Crippen LogP contribution in [0.15, 0.2) is 18.3 Å². The summed E-state index contributed by atoms with van der Waals surface area (Å²) in [6, 6.07) is 3.37. The van der Waals surface area contributed by atoms with E-state index in [9.17, 15) is 4.79 Å². The first-order chi connectivity index (χ1) is 9.48. The molecule has 2 heterocycles. The van der Waals surface area contributed by atoms with Crippen molar-refractivity contribution in [3.8, 4) is 0 Å². The van der Waals surface area contributed by atoms with Gasteiger partial charge in [0.15, 0.2) is 0 Å².